The highest BCUT2D eigenvalue weighted by Crippen LogP contribution is 2.13. The highest BCUT2D eigenvalue weighted by atomic mass is 16.6. The molecule has 0 N–H and O–H groups in total. The van der Waals surface area contributed by atoms with Crippen LogP contribution in [-0.2, 0) is 9.53 Å². The van der Waals surface area contributed by atoms with Gasteiger partial charge in [0.15, 0.2) is 0 Å². The highest BCUT2D eigenvalue weighted by molar-refractivity contribution is 5.76. The van der Waals surface area contributed by atoms with Crippen LogP contribution in [0.3, 0.4) is 0 Å². The number of ether oxygens (including phenoxy) is 2. The van der Waals surface area contributed by atoms with Crippen molar-refractivity contribution >= 4 is 5.97 Å². The van der Waals surface area contributed by atoms with Gasteiger partial charge in [-0.05, 0) is 18.2 Å². The minimum absolute atomic E-state index is 0.343. The van der Waals surface area contributed by atoms with Gasteiger partial charge in [0, 0.05) is 0 Å². The number of aliphatic carboxylic acids is 1. The van der Waals surface area contributed by atoms with Crippen LogP contribution in [0.15, 0.2) is 43.0 Å². The Morgan fingerprint density at radius 1 is 1.56 bits per heavy atom. The third-order valence-corrected chi connectivity index (χ3v) is 1.75. The maximum atomic E-state index is 9.14. The van der Waals surface area contributed by atoms with Crippen LogP contribution in [0.4, 0.5) is 0 Å². The Morgan fingerprint density at radius 3 is 2.56 bits per heavy atom. The number of carbonyl (C=O) groups excluding carboxylic acids is 1. The van der Waals surface area contributed by atoms with Crippen LogP contribution >= 0.6 is 0 Å². The minimum atomic E-state index is -1.23. The van der Waals surface area contributed by atoms with E-state index in [-0.39, 0.29) is 0 Å². The third kappa shape index (κ3) is 5.82. The van der Waals surface area contributed by atoms with E-state index in [1.54, 1.807) is 0 Å². The summed E-state index contributed by atoms with van der Waals surface area (Å²) >= 11 is 0. The van der Waals surface area contributed by atoms with Gasteiger partial charge < -0.3 is 19.4 Å². The summed E-state index contributed by atoms with van der Waals surface area (Å²) in [6.45, 7) is 4.44. The van der Waals surface area contributed by atoms with Gasteiger partial charge >= 0.3 is 0 Å². The predicted molar refractivity (Wildman–Crippen MR) is 56.9 cm³/mol. The molecule has 0 aliphatic carbocycles. The van der Waals surface area contributed by atoms with Crippen LogP contribution in [0.1, 0.15) is 0 Å². The molecule has 86 valence electrons. The molecule has 2 rings (SSSR count). The van der Waals surface area contributed by atoms with Crippen LogP contribution in [0, 0.1) is 0 Å². The molecule has 0 amide bonds. The summed E-state index contributed by atoms with van der Waals surface area (Å²) in [6.07, 6.45) is 1.07. The van der Waals surface area contributed by atoms with E-state index in [1.807, 2.05) is 30.3 Å². The van der Waals surface area contributed by atoms with Crippen molar-refractivity contribution < 1.29 is 19.4 Å². The van der Waals surface area contributed by atoms with Crippen molar-refractivity contribution in [2.45, 2.75) is 6.10 Å². The fourth-order valence-electron chi connectivity index (χ4n) is 0.870. The van der Waals surface area contributed by atoms with Crippen molar-refractivity contribution in [1.29, 1.82) is 0 Å². The summed E-state index contributed by atoms with van der Waals surface area (Å²) in [6, 6.07) is 9.79. The fourth-order valence-corrected chi connectivity index (χ4v) is 0.870. The maximum absolute atomic E-state index is 9.14. The standard InChI is InChI=1S/C9H10O2.C3H4O2/c1-2-4-8(5-3-1)10-6-9-7-11-9;1-2-3(4)5/h1-5,9H,6-7H2;2H,1H2,(H,4,5)/p-1. The van der Waals surface area contributed by atoms with Gasteiger partial charge in [-0.15, -0.1) is 0 Å². The van der Waals surface area contributed by atoms with E-state index in [0.717, 1.165) is 18.4 Å². The van der Waals surface area contributed by atoms with E-state index in [0.29, 0.717) is 12.7 Å². The van der Waals surface area contributed by atoms with Gasteiger partial charge in [-0.25, -0.2) is 0 Å². The lowest BCUT2D eigenvalue weighted by atomic mass is 10.3. The first kappa shape index (κ1) is 12.3. The highest BCUT2D eigenvalue weighted by Gasteiger charge is 2.22. The second-order valence-electron chi connectivity index (χ2n) is 3.10. The van der Waals surface area contributed by atoms with Gasteiger partial charge in [-0.3, -0.25) is 0 Å². The molecular weight excluding hydrogens is 208 g/mol. The van der Waals surface area contributed by atoms with Crippen LogP contribution < -0.4 is 9.84 Å². The van der Waals surface area contributed by atoms with Gasteiger partial charge in [-0.1, -0.05) is 24.8 Å². The first-order valence-corrected chi connectivity index (χ1v) is 4.85. The van der Waals surface area contributed by atoms with Crippen molar-refractivity contribution in [1.82, 2.24) is 0 Å². The largest absolute Gasteiger partial charge is 0.545 e. The predicted octanol–water partition coefficient (Wildman–Crippen LogP) is 0.386. The number of rotatable bonds is 4. The molecule has 1 heterocycles. The van der Waals surface area contributed by atoms with Gasteiger partial charge in [0.05, 0.1) is 12.6 Å². The van der Waals surface area contributed by atoms with Crippen molar-refractivity contribution in [2.75, 3.05) is 13.2 Å². The summed E-state index contributed by atoms with van der Waals surface area (Å²) in [5.41, 5.74) is 0. The molecule has 1 saturated heterocycles. The van der Waals surface area contributed by atoms with E-state index in [9.17, 15) is 0 Å². The molecule has 0 bridgehead atoms. The minimum Gasteiger partial charge on any atom is -0.545 e. The number of benzene rings is 1. The maximum Gasteiger partial charge on any atom is 0.119 e. The Balaban J connectivity index is 0.000000221. The van der Waals surface area contributed by atoms with Crippen molar-refractivity contribution in [2.24, 2.45) is 0 Å². The zero-order valence-electron chi connectivity index (χ0n) is 8.80. The Bertz CT molecular complexity index is 330. The smallest absolute Gasteiger partial charge is 0.119 e. The van der Waals surface area contributed by atoms with Crippen molar-refractivity contribution in [3.05, 3.63) is 43.0 Å². The molecule has 1 fully saturated rings. The van der Waals surface area contributed by atoms with Gasteiger partial charge in [0.25, 0.3) is 0 Å². The molecule has 1 unspecified atom stereocenters. The SMILES string of the molecule is C=CC(=O)[O-].c1ccc(OCC2CO2)cc1. The summed E-state index contributed by atoms with van der Waals surface area (Å²) < 4.78 is 10.4. The van der Waals surface area contributed by atoms with E-state index in [4.69, 9.17) is 19.4 Å². The van der Waals surface area contributed by atoms with Gasteiger partial charge in [0.2, 0.25) is 0 Å². The first-order valence-electron chi connectivity index (χ1n) is 4.85. The molecule has 4 nitrogen and oxygen atoms in total. The second-order valence-corrected chi connectivity index (χ2v) is 3.10. The topological polar surface area (TPSA) is 61.9 Å². The molecule has 16 heavy (non-hydrogen) atoms. The number of carbonyl (C=O) groups is 1. The van der Waals surface area contributed by atoms with Crippen molar-refractivity contribution in [3.63, 3.8) is 0 Å². The third-order valence-electron chi connectivity index (χ3n) is 1.75. The van der Waals surface area contributed by atoms with E-state index >= 15 is 0 Å². The number of carboxylic acids is 1. The summed E-state index contributed by atoms with van der Waals surface area (Å²) in [7, 11) is 0. The quantitative estimate of drug-likeness (QED) is 0.545. The molecule has 1 aromatic rings. The number of carboxylic acid groups (broad SMARTS) is 1. The number of hydrogen-bond acceptors (Lipinski definition) is 4. The molecule has 4 heteroatoms. The normalized spacial score (nSPS) is 16.6. The van der Waals surface area contributed by atoms with E-state index in [1.165, 1.54) is 0 Å². The lowest BCUT2D eigenvalue weighted by Crippen LogP contribution is -2.17. The Morgan fingerprint density at radius 2 is 2.12 bits per heavy atom. The Hall–Kier alpha value is -1.81. The van der Waals surface area contributed by atoms with E-state index in [2.05, 4.69) is 6.58 Å². The van der Waals surface area contributed by atoms with Crippen molar-refractivity contribution in [3.8, 4) is 5.75 Å². The molecule has 0 saturated carbocycles. The monoisotopic (exact) mass is 221 g/mol. The molecular formula is C12H13O4-. The molecule has 1 aliphatic heterocycles. The zero-order valence-corrected chi connectivity index (χ0v) is 8.80. The molecule has 1 aromatic carbocycles. The van der Waals surface area contributed by atoms with Crippen LogP contribution in [0.25, 0.3) is 0 Å². The number of epoxide rings is 1. The van der Waals surface area contributed by atoms with E-state index < -0.39 is 5.97 Å². The lowest BCUT2D eigenvalue weighted by molar-refractivity contribution is -0.297. The molecule has 0 radical (unpaired) electrons. The molecule has 1 aliphatic rings. The van der Waals surface area contributed by atoms with Crippen LogP contribution in [-0.4, -0.2) is 25.3 Å². The molecule has 0 aromatic heterocycles. The molecule has 0 spiro atoms. The first-order chi connectivity index (χ1) is 7.72. The van der Waals surface area contributed by atoms with Gasteiger partial charge in [0.1, 0.15) is 18.5 Å². The number of hydrogen-bond donors (Lipinski definition) is 0. The summed E-state index contributed by atoms with van der Waals surface area (Å²) in [5, 5.41) is 9.14. The van der Waals surface area contributed by atoms with Gasteiger partial charge in [-0.2, -0.15) is 0 Å². The average Bonchev–Trinajstić information content (AvgIpc) is 3.12. The Labute approximate surface area is 94.1 Å². The lowest BCUT2D eigenvalue weighted by Gasteiger charge is -2.01. The zero-order chi connectivity index (χ0) is 11.8. The van der Waals surface area contributed by atoms with Crippen LogP contribution in [0.2, 0.25) is 0 Å². The summed E-state index contributed by atoms with van der Waals surface area (Å²) in [5.74, 6) is -0.312. The second kappa shape index (κ2) is 6.63. The average molecular weight is 221 g/mol. The Kier molecular flexibility index (Phi) is 5.08. The molecule has 1 atom stereocenters. The van der Waals surface area contributed by atoms with Crippen LogP contribution in [0.5, 0.6) is 5.75 Å². The fraction of sp³-hybridized carbons (Fsp3) is 0.250. The summed E-state index contributed by atoms with van der Waals surface area (Å²) in [4.78, 5) is 9.14. The number of para-hydroxylation sites is 1.